The summed E-state index contributed by atoms with van der Waals surface area (Å²) in [5.74, 6) is 0.147. The van der Waals surface area contributed by atoms with Gasteiger partial charge in [-0.1, -0.05) is 35.7 Å². The fourth-order valence-corrected chi connectivity index (χ4v) is 3.16. The number of nitrogens with one attached hydrogen (secondary N) is 2. The summed E-state index contributed by atoms with van der Waals surface area (Å²) in [4.78, 5) is 34.7. The molecule has 1 saturated carbocycles. The van der Waals surface area contributed by atoms with Crippen molar-refractivity contribution in [1.29, 1.82) is 0 Å². The van der Waals surface area contributed by atoms with Crippen molar-refractivity contribution >= 4 is 34.2 Å². The van der Waals surface area contributed by atoms with E-state index in [4.69, 9.17) is 4.74 Å². The topological polar surface area (TPSA) is 84.5 Å². The van der Waals surface area contributed by atoms with Crippen LogP contribution < -0.4 is 15.4 Å². The molecule has 1 aliphatic rings. The summed E-state index contributed by atoms with van der Waals surface area (Å²) in [6.07, 6.45) is 4.93. The maximum atomic E-state index is 11.9. The van der Waals surface area contributed by atoms with Gasteiger partial charge in [-0.3, -0.25) is 14.9 Å². The predicted octanol–water partition coefficient (Wildman–Crippen LogP) is 3.04. The maximum Gasteiger partial charge on any atom is 0.321 e. The van der Waals surface area contributed by atoms with Crippen LogP contribution in [0.25, 0.3) is 0 Å². The number of hydrogen-bond acceptors (Lipinski definition) is 4. The number of amides is 3. The van der Waals surface area contributed by atoms with E-state index in [0.29, 0.717) is 23.5 Å². The van der Waals surface area contributed by atoms with E-state index in [0.717, 1.165) is 23.7 Å². The van der Waals surface area contributed by atoms with Crippen LogP contribution in [0.1, 0.15) is 43.0 Å². The number of carbonyl (C=O) groups excluding carboxylic acids is 3. The molecular formula is C17H21BrN2O4. The standard InChI is InChI=1S/C17H21BrN2O4/c1-11-4-2-3-5-14(11)19-17(23)20-16(22)10-24-15-7-6-13(18)8-12(15)9-21/h6-9,11,14H,2-5,10H2,1H3,(H2,19,20,22,23)/t11-,14-/m1/s1. The van der Waals surface area contributed by atoms with Crippen molar-refractivity contribution < 1.29 is 19.1 Å². The number of benzene rings is 1. The summed E-state index contributed by atoms with van der Waals surface area (Å²) in [7, 11) is 0. The monoisotopic (exact) mass is 396 g/mol. The Morgan fingerprint density at radius 1 is 1.33 bits per heavy atom. The molecule has 0 aromatic heterocycles. The highest BCUT2D eigenvalue weighted by atomic mass is 79.9. The van der Waals surface area contributed by atoms with Gasteiger partial charge in [-0.25, -0.2) is 4.79 Å². The molecule has 0 bridgehead atoms. The molecule has 130 valence electrons. The number of halogens is 1. The largest absolute Gasteiger partial charge is 0.483 e. The first-order valence-corrected chi connectivity index (χ1v) is 8.76. The first-order valence-electron chi connectivity index (χ1n) is 7.97. The second kappa shape index (κ2) is 8.82. The minimum Gasteiger partial charge on any atom is -0.483 e. The molecule has 0 radical (unpaired) electrons. The van der Waals surface area contributed by atoms with Crippen LogP contribution in [0, 0.1) is 5.92 Å². The molecule has 0 heterocycles. The van der Waals surface area contributed by atoms with Crippen molar-refractivity contribution in [1.82, 2.24) is 10.6 Å². The third-order valence-corrected chi connectivity index (χ3v) is 4.63. The Morgan fingerprint density at radius 3 is 2.79 bits per heavy atom. The molecule has 7 heteroatoms. The second-order valence-corrected chi connectivity index (χ2v) is 6.89. The zero-order valence-electron chi connectivity index (χ0n) is 13.5. The molecule has 0 saturated heterocycles. The Hall–Kier alpha value is -1.89. The molecule has 1 fully saturated rings. The Kier molecular flexibility index (Phi) is 6.78. The fraction of sp³-hybridized carbons (Fsp3) is 0.471. The van der Waals surface area contributed by atoms with E-state index in [1.807, 2.05) is 0 Å². The fourth-order valence-electron chi connectivity index (χ4n) is 2.78. The highest BCUT2D eigenvalue weighted by molar-refractivity contribution is 9.10. The van der Waals surface area contributed by atoms with Crippen LogP contribution in [-0.4, -0.2) is 30.9 Å². The number of ether oxygens (including phenoxy) is 1. The van der Waals surface area contributed by atoms with Gasteiger partial charge in [-0.15, -0.1) is 0 Å². The molecular weight excluding hydrogens is 376 g/mol. The Balaban J connectivity index is 1.80. The quantitative estimate of drug-likeness (QED) is 0.748. The highest BCUT2D eigenvalue weighted by Crippen LogP contribution is 2.23. The van der Waals surface area contributed by atoms with Gasteiger partial charge in [0.15, 0.2) is 12.9 Å². The Bertz CT molecular complexity index is 621. The molecule has 0 aliphatic heterocycles. The summed E-state index contributed by atoms with van der Waals surface area (Å²) in [5, 5.41) is 5.09. The lowest BCUT2D eigenvalue weighted by Crippen LogP contribution is -2.48. The van der Waals surface area contributed by atoms with Crippen molar-refractivity contribution in [2.45, 2.75) is 38.6 Å². The molecule has 0 spiro atoms. The molecule has 2 atom stereocenters. The zero-order chi connectivity index (χ0) is 17.5. The Morgan fingerprint density at radius 2 is 2.08 bits per heavy atom. The molecule has 1 aromatic rings. The number of imide groups is 1. The van der Waals surface area contributed by atoms with Gasteiger partial charge < -0.3 is 10.1 Å². The summed E-state index contributed by atoms with van der Waals surface area (Å²) in [6, 6.07) is 4.48. The molecule has 0 unspecified atom stereocenters. The van der Waals surface area contributed by atoms with Crippen molar-refractivity contribution in [3.8, 4) is 5.75 Å². The van der Waals surface area contributed by atoms with Crippen molar-refractivity contribution in [2.24, 2.45) is 5.92 Å². The van der Waals surface area contributed by atoms with Crippen molar-refractivity contribution in [3.63, 3.8) is 0 Å². The molecule has 6 nitrogen and oxygen atoms in total. The van der Waals surface area contributed by atoms with E-state index in [2.05, 4.69) is 33.5 Å². The number of rotatable bonds is 5. The van der Waals surface area contributed by atoms with Gasteiger partial charge in [0.05, 0.1) is 5.56 Å². The van der Waals surface area contributed by atoms with Crippen LogP contribution in [0.4, 0.5) is 4.79 Å². The van der Waals surface area contributed by atoms with Gasteiger partial charge in [0, 0.05) is 10.5 Å². The number of urea groups is 1. The average molecular weight is 397 g/mol. The van der Waals surface area contributed by atoms with E-state index in [1.54, 1.807) is 18.2 Å². The first-order chi connectivity index (χ1) is 11.5. The van der Waals surface area contributed by atoms with E-state index in [1.165, 1.54) is 6.42 Å². The maximum absolute atomic E-state index is 11.9. The minimum atomic E-state index is -0.560. The summed E-state index contributed by atoms with van der Waals surface area (Å²) >= 11 is 3.26. The number of aldehydes is 1. The van der Waals surface area contributed by atoms with Gasteiger partial charge >= 0.3 is 6.03 Å². The van der Waals surface area contributed by atoms with E-state index in [9.17, 15) is 14.4 Å². The lowest BCUT2D eigenvalue weighted by atomic mass is 9.86. The summed E-state index contributed by atoms with van der Waals surface area (Å²) < 4.78 is 6.05. The van der Waals surface area contributed by atoms with Gasteiger partial charge in [0.25, 0.3) is 5.91 Å². The van der Waals surface area contributed by atoms with Gasteiger partial charge in [-0.2, -0.15) is 0 Å². The normalized spacial score (nSPS) is 20.1. The molecule has 24 heavy (non-hydrogen) atoms. The van der Waals surface area contributed by atoms with Crippen LogP contribution in [0.3, 0.4) is 0 Å². The second-order valence-electron chi connectivity index (χ2n) is 5.98. The lowest BCUT2D eigenvalue weighted by Gasteiger charge is -2.29. The van der Waals surface area contributed by atoms with Crippen molar-refractivity contribution in [2.75, 3.05) is 6.61 Å². The zero-order valence-corrected chi connectivity index (χ0v) is 15.1. The summed E-state index contributed by atoms with van der Waals surface area (Å²) in [5.41, 5.74) is 0.331. The summed E-state index contributed by atoms with van der Waals surface area (Å²) in [6.45, 7) is 1.76. The molecule has 1 aliphatic carbocycles. The minimum absolute atomic E-state index is 0.0978. The van der Waals surface area contributed by atoms with Gasteiger partial charge in [-0.05, 0) is 37.0 Å². The lowest BCUT2D eigenvalue weighted by molar-refractivity contribution is -0.122. The molecule has 3 amide bonds. The van der Waals surface area contributed by atoms with Gasteiger partial charge in [0.2, 0.25) is 0 Å². The Labute approximate surface area is 149 Å². The van der Waals surface area contributed by atoms with Crippen molar-refractivity contribution in [3.05, 3.63) is 28.2 Å². The average Bonchev–Trinajstić information content (AvgIpc) is 2.55. The molecule has 2 N–H and O–H groups in total. The molecule has 1 aromatic carbocycles. The SMILES string of the molecule is C[C@@H]1CCCC[C@H]1NC(=O)NC(=O)COc1ccc(Br)cc1C=O. The predicted molar refractivity (Wildman–Crippen MR) is 93.1 cm³/mol. The van der Waals surface area contributed by atoms with Crippen LogP contribution in [0.2, 0.25) is 0 Å². The number of carbonyl (C=O) groups is 3. The first kappa shape index (κ1) is 18.4. The van der Waals surface area contributed by atoms with Crippen LogP contribution in [-0.2, 0) is 4.79 Å². The van der Waals surface area contributed by atoms with E-state index >= 15 is 0 Å². The van der Waals surface area contributed by atoms with Crippen LogP contribution in [0.5, 0.6) is 5.75 Å². The third kappa shape index (κ3) is 5.33. The van der Waals surface area contributed by atoms with Crippen LogP contribution in [0.15, 0.2) is 22.7 Å². The van der Waals surface area contributed by atoms with Crippen LogP contribution >= 0.6 is 15.9 Å². The van der Waals surface area contributed by atoms with E-state index < -0.39 is 11.9 Å². The smallest absolute Gasteiger partial charge is 0.321 e. The third-order valence-electron chi connectivity index (χ3n) is 4.14. The number of hydrogen-bond donors (Lipinski definition) is 2. The highest BCUT2D eigenvalue weighted by Gasteiger charge is 2.23. The molecule has 2 rings (SSSR count). The van der Waals surface area contributed by atoms with Gasteiger partial charge in [0.1, 0.15) is 5.75 Å². The van der Waals surface area contributed by atoms with E-state index in [-0.39, 0.29) is 12.6 Å².